The van der Waals surface area contributed by atoms with Crippen molar-refractivity contribution in [1.82, 2.24) is 10.2 Å². The Morgan fingerprint density at radius 3 is 2.63 bits per heavy atom. The summed E-state index contributed by atoms with van der Waals surface area (Å²) in [6.45, 7) is 0. The standard InChI is InChI=1S/C12H10FN3O3/c13-8-3-1-7(2-4-8)5-10(17)15-11-9(12(18)19)6-14-16-11/h1-4,6H,5H2,(H,18,19)(H2,14,15,16,17). The number of aromatic amines is 1. The number of amides is 1. The first-order chi connectivity index (χ1) is 9.06. The summed E-state index contributed by atoms with van der Waals surface area (Å²) in [7, 11) is 0. The number of halogens is 1. The van der Waals surface area contributed by atoms with Crippen molar-refractivity contribution >= 4 is 17.7 Å². The number of carbonyl (C=O) groups is 2. The average Bonchev–Trinajstić information content (AvgIpc) is 2.80. The van der Waals surface area contributed by atoms with E-state index in [0.29, 0.717) is 5.56 Å². The molecule has 0 saturated heterocycles. The molecular formula is C12H10FN3O3. The van der Waals surface area contributed by atoms with Crippen molar-refractivity contribution in [3.8, 4) is 0 Å². The second kappa shape index (κ2) is 5.30. The van der Waals surface area contributed by atoms with Crippen molar-refractivity contribution in [3.05, 3.63) is 47.4 Å². The van der Waals surface area contributed by atoms with Gasteiger partial charge in [0.15, 0.2) is 0 Å². The molecule has 3 N–H and O–H groups in total. The van der Waals surface area contributed by atoms with Crippen LogP contribution >= 0.6 is 0 Å². The molecule has 0 bridgehead atoms. The molecule has 0 atom stereocenters. The van der Waals surface area contributed by atoms with Crippen LogP contribution < -0.4 is 5.32 Å². The van der Waals surface area contributed by atoms with E-state index < -0.39 is 11.9 Å². The molecular weight excluding hydrogens is 253 g/mol. The number of hydrogen-bond acceptors (Lipinski definition) is 3. The van der Waals surface area contributed by atoms with Gasteiger partial charge in [-0.25, -0.2) is 9.18 Å². The van der Waals surface area contributed by atoms with Crippen molar-refractivity contribution < 1.29 is 19.1 Å². The van der Waals surface area contributed by atoms with Crippen LogP contribution in [0.4, 0.5) is 10.2 Å². The summed E-state index contributed by atoms with van der Waals surface area (Å²) in [5, 5.41) is 17.2. The molecule has 0 unspecified atom stereocenters. The van der Waals surface area contributed by atoms with E-state index in [1.807, 2.05) is 0 Å². The summed E-state index contributed by atoms with van der Waals surface area (Å²) in [6, 6.07) is 5.48. The first-order valence-corrected chi connectivity index (χ1v) is 5.37. The number of hydrogen-bond donors (Lipinski definition) is 3. The Balaban J connectivity index is 2.03. The maximum Gasteiger partial charge on any atom is 0.341 e. The number of carbonyl (C=O) groups excluding carboxylic acids is 1. The van der Waals surface area contributed by atoms with Crippen LogP contribution in [0.15, 0.2) is 30.5 Å². The largest absolute Gasteiger partial charge is 0.477 e. The molecule has 1 heterocycles. The Hall–Kier alpha value is -2.70. The summed E-state index contributed by atoms with van der Waals surface area (Å²) < 4.78 is 12.7. The van der Waals surface area contributed by atoms with Crippen LogP contribution in [0.1, 0.15) is 15.9 Å². The zero-order chi connectivity index (χ0) is 13.8. The maximum atomic E-state index is 12.7. The fraction of sp³-hybridized carbons (Fsp3) is 0.0833. The highest BCUT2D eigenvalue weighted by atomic mass is 19.1. The Morgan fingerprint density at radius 2 is 2.00 bits per heavy atom. The van der Waals surface area contributed by atoms with Gasteiger partial charge in [0, 0.05) is 0 Å². The van der Waals surface area contributed by atoms with Gasteiger partial charge < -0.3 is 10.4 Å². The number of nitrogens with zero attached hydrogens (tertiary/aromatic N) is 1. The molecule has 0 fully saturated rings. The van der Waals surface area contributed by atoms with Gasteiger partial charge in [-0.05, 0) is 17.7 Å². The summed E-state index contributed by atoms with van der Waals surface area (Å²) >= 11 is 0. The van der Waals surface area contributed by atoms with Crippen molar-refractivity contribution in [2.24, 2.45) is 0 Å². The zero-order valence-electron chi connectivity index (χ0n) is 9.68. The van der Waals surface area contributed by atoms with E-state index >= 15 is 0 Å². The van der Waals surface area contributed by atoms with Crippen molar-refractivity contribution in [3.63, 3.8) is 0 Å². The summed E-state index contributed by atoms with van der Waals surface area (Å²) in [5.74, 6) is -1.96. The van der Waals surface area contributed by atoms with Crippen LogP contribution in [-0.4, -0.2) is 27.2 Å². The molecule has 0 aliphatic heterocycles. The fourth-order valence-corrected chi connectivity index (χ4v) is 1.51. The summed E-state index contributed by atoms with van der Waals surface area (Å²) in [4.78, 5) is 22.5. The van der Waals surface area contributed by atoms with E-state index in [1.54, 1.807) is 0 Å². The predicted molar refractivity (Wildman–Crippen MR) is 64.3 cm³/mol. The predicted octanol–water partition coefficient (Wildman–Crippen LogP) is 1.43. The Kier molecular flexibility index (Phi) is 3.56. The first kappa shape index (κ1) is 12.7. The van der Waals surface area contributed by atoms with E-state index in [-0.39, 0.29) is 23.6 Å². The van der Waals surface area contributed by atoms with Crippen molar-refractivity contribution in [1.29, 1.82) is 0 Å². The number of rotatable bonds is 4. The Morgan fingerprint density at radius 1 is 1.32 bits per heavy atom. The van der Waals surface area contributed by atoms with Gasteiger partial charge in [-0.2, -0.15) is 5.10 Å². The van der Waals surface area contributed by atoms with E-state index in [4.69, 9.17) is 5.11 Å². The van der Waals surface area contributed by atoms with Gasteiger partial charge in [-0.3, -0.25) is 9.89 Å². The third-order valence-electron chi connectivity index (χ3n) is 2.41. The highest BCUT2D eigenvalue weighted by Crippen LogP contribution is 2.11. The molecule has 19 heavy (non-hydrogen) atoms. The van der Waals surface area contributed by atoms with Gasteiger partial charge in [0.05, 0.1) is 12.6 Å². The second-order valence-electron chi connectivity index (χ2n) is 3.82. The minimum Gasteiger partial charge on any atom is -0.477 e. The molecule has 7 heteroatoms. The van der Waals surface area contributed by atoms with E-state index in [9.17, 15) is 14.0 Å². The number of aromatic carboxylic acids is 1. The highest BCUT2D eigenvalue weighted by molar-refractivity contribution is 5.99. The molecule has 2 rings (SSSR count). The number of carboxylic acid groups (broad SMARTS) is 1. The van der Waals surface area contributed by atoms with Crippen LogP contribution in [0.25, 0.3) is 0 Å². The fourth-order valence-electron chi connectivity index (χ4n) is 1.51. The minimum absolute atomic E-state index is 0.0123. The molecule has 0 radical (unpaired) electrons. The molecule has 0 aliphatic rings. The lowest BCUT2D eigenvalue weighted by Gasteiger charge is -2.04. The van der Waals surface area contributed by atoms with Gasteiger partial charge in [0.1, 0.15) is 17.2 Å². The number of nitrogens with one attached hydrogen (secondary N) is 2. The lowest BCUT2D eigenvalue weighted by Crippen LogP contribution is -2.16. The number of carboxylic acids is 1. The SMILES string of the molecule is O=C(Cc1ccc(F)cc1)Nc1[nH]ncc1C(=O)O. The summed E-state index contributed by atoms with van der Waals surface area (Å²) in [5.41, 5.74) is 0.503. The van der Waals surface area contributed by atoms with Gasteiger partial charge in [0.25, 0.3) is 0 Å². The zero-order valence-corrected chi connectivity index (χ0v) is 9.68. The third kappa shape index (κ3) is 3.15. The first-order valence-electron chi connectivity index (χ1n) is 5.37. The molecule has 0 spiro atoms. The molecule has 6 nitrogen and oxygen atoms in total. The number of benzene rings is 1. The van der Waals surface area contributed by atoms with E-state index in [0.717, 1.165) is 6.20 Å². The van der Waals surface area contributed by atoms with Crippen LogP contribution in [0.2, 0.25) is 0 Å². The van der Waals surface area contributed by atoms with Gasteiger partial charge in [0.2, 0.25) is 5.91 Å². The van der Waals surface area contributed by atoms with Crippen LogP contribution in [0, 0.1) is 5.82 Å². The molecule has 98 valence electrons. The second-order valence-corrected chi connectivity index (χ2v) is 3.82. The molecule has 1 aromatic carbocycles. The smallest absolute Gasteiger partial charge is 0.341 e. The molecule has 1 amide bonds. The normalized spacial score (nSPS) is 10.2. The molecule has 0 aliphatic carbocycles. The van der Waals surface area contributed by atoms with Crippen molar-refractivity contribution in [2.75, 3.05) is 5.32 Å². The monoisotopic (exact) mass is 263 g/mol. The molecule has 1 aromatic heterocycles. The van der Waals surface area contributed by atoms with Gasteiger partial charge in [-0.1, -0.05) is 12.1 Å². The number of H-pyrrole nitrogens is 1. The highest BCUT2D eigenvalue weighted by Gasteiger charge is 2.14. The van der Waals surface area contributed by atoms with E-state index in [2.05, 4.69) is 15.5 Å². The summed E-state index contributed by atoms with van der Waals surface area (Å²) in [6.07, 6.45) is 1.12. The number of aromatic nitrogens is 2. The Labute approximate surface area is 107 Å². The third-order valence-corrected chi connectivity index (χ3v) is 2.41. The maximum absolute atomic E-state index is 12.7. The average molecular weight is 263 g/mol. The van der Waals surface area contributed by atoms with Crippen LogP contribution in [0.5, 0.6) is 0 Å². The minimum atomic E-state index is -1.19. The van der Waals surface area contributed by atoms with E-state index in [1.165, 1.54) is 24.3 Å². The van der Waals surface area contributed by atoms with Gasteiger partial charge >= 0.3 is 5.97 Å². The van der Waals surface area contributed by atoms with Crippen LogP contribution in [0.3, 0.4) is 0 Å². The molecule has 2 aromatic rings. The van der Waals surface area contributed by atoms with Gasteiger partial charge in [-0.15, -0.1) is 0 Å². The lowest BCUT2D eigenvalue weighted by atomic mass is 10.1. The molecule has 0 saturated carbocycles. The van der Waals surface area contributed by atoms with Crippen LogP contribution in [-0.2, 0) is 11.2 Å². The quantitative estimate of drug-likeness (QED) is 0.777. The van der Waals surface area contributed by atoms with Crippen molar-refractivity contribution in [2.45, 2.75) is 6.42 Å². The Bertz CT molecular complexity index is 607. The lowest BCUT2D eigenvalue weighted by molar-refractivity contribution is -0.115. The number of anilines is 1. The topological polar surface area (TPSA) is 95.1 Å².